The van der Waals surface area contributed by atoms with Crippen molar-refractivity contribution in [1.29, 1.82) is 0 Å². The highest BCUT2D eigenvalue weighted by atomic mass is 16.2. The number of rotatable bonds is 3. The topological polar surface area (TPSA) is 88.8 Å². The third-order valence-electron chi connectivity index (χ3n) is 5.78. The normalized spacial score (nSPS) is 15.0. The second-order valence-electron chi connectivity index (χ2n) is 7.64. The number of nitrogens with one attached hydrogen (secondary N) is 1. The number of aromatic nitrogens is 5. The van der Waals surface area contributed by atoms with E-state index in [-0.39, 0.29) is 17.5 Å². The van der Waals surface area contributed by atoms with E-state index < -0.39 is 0 Å². The number of piperidine rings is 1. The summed E-state index contributed by atoms with van der Waals surface area (Å²) in [7, 11) is 1.68. The number of hydrogen-bond acceptors (Lipinski definition) is 4. The van der Waals surface area contributed by atoms with Crippen LogP contribution in [-0.2, 0) is 7.05 Å². The van der Waals surface area contributed by atoms with Gasteiger partial charge in [-0.2, -0.15) is 5.10 Å². The number of aromatic amines is 1. The minimum Gasteiger partial charge on any atom is -0.345 e. The molecule has 0 radical (unpaired) electrons. The molecule has 3 heterocycles. The van der Waals surface area contributed by atoms with Crippen molar-refractivity contribution in [3.8, 4) is 5.69 Å². The van der Waals surface area contributed by atoms with Crippen LogP contribution in [0.15, 0.2) is 59.7 Å². The fraction of sp³-hybridized carbons (Fsp3) is 0.273. The van der Waals surface area contributed by atoms with Crippen LogP contribution in [0.25, 0.3) is 16.7 Å². The average Bonchev–Trinajstić information content (AvgIpc) is 3.38. The molecule has 0 bridgehead atoms. The van der Waals surface area contributed by atoms with E-state index in [1.807, 2.05) is 53.4 Å². The van der Waals surface area contributed by atoms with Crippen molar-refractivity contribution in [3.63, 3.8) is 0 Å². The van der Waals surface area contributed by atoms with Gasteiger partial charge in [0.25, 0.3) is 5.91 Å². The first-order chi connectivity index (χ1) is 14.6. The molecule has 30 heavy (non-hydrogen) atoms. The minimum absolute atomic E-state index is 0.0198. The predicted octanol–water partition coefficient (Wildman–Crippen LogP) is 2.47. The van der Waals surface area contributed by atoms with Crippen LogP contribution in [0.4, 0.5) is 0 Å². The number of fused-ring (bicyclic) bond motifs is 1. The molecule has 0 atom stereocenters. The molecule has 0 saturated carbocycles. The van der Waals surface area contributed by atoms with Gasteiger partial charge in [-0.3, -0.25) is 4.79 Å². The molecule has 0 aliphatic carbocycles. The van der Waals surface area contributed by atoms with Crippen molar-refractivity contribution in [2.45, 2.75) is 18.8 Å². The van der Waals surface area contributed by atoms with Gasteiger partial charge < -0.3 is 9.88 Å². The molecule has 8 nitrogen and oxygen atoms in total. The number of aryl methyl sites for hydroxylation is 1. The van der Waals surface area contributed by atoms with E-state index in [1.165, 1.54) is 4.68 Å². The lowest BCUT2D eigenvalue weighted by Gasteiger charge is -2.31. The van der Waals surface area contributed by atoms with Gasteiger partial charge in [-0.05, 0) is 43.2 Å². The zero-order chi connectivity index (χ0) is 20.7. The van der Waals surface area contributed by atoms with Gasteiger partial charge in [0.05, 0.1) is 23.0 Å². The first kappa shape index (κ1) is 18.4. The summed E-state index contributed by atoms with van der Waals surface area (Å²) in [6.45, 7) is 1.26. The Balaban J connectivity index is 1.36. The molecule has 0 spiro atoms. The quantitative estimate of drug-likeness (QED) is 0.570. The van der Waals surface area contributed by atoms with Gasteiger partial charge in [0, 0.05) is 31.6 Å². The van der Waals surface area contributed by atoms with Crippen molar-refractivity contribution in [2.75, 3.05) is 13.1 Å². The molecule has 0 unspecified atom stereocenters. The number of likely N-dealkylation sites (tertiary alicyclic amines) is 1. The number of amides is 1. The number of hydrogen-bond donors (Lipinski definition) is 1. The van der Waals surface area contributed by atoms with Gasteiger partial charge >= 0.3 is 5.69 Å². The smallest absolute Gasteiger partial charge is 0.345 e. The van der Waals surface area contributed by atoms with E-state index in [4.69, 9.17) is 0 Å². The molecule has 8 heteroatoms. The molecule has 1 saturated heterocycles. The number of para-hydroxylation sites is 1. The predicted molar refractivity (Wildman–Crippen MR) is 113 cm³/mol. The van der Waals surface area contributed by atoms with Crippen molar-refractivity contribution >= 4 is 16.9 Å². The molecule has 5 rings (SSSR count). The van der Waals surface area contributed by atoms with E-state index in [0.29, 0.717) is 18.7 Å². The average molecular weight is 402 g/mol. The standard InChI is InChI=1S/C22H22N6O2/c1-26-22(30)28(17-5-3-2-4-6-17)20(25-26)15-9-11-27(12-10-15)21(29)16-7-8-18-19(13-16)24-14-23-18/h2-8,13-15H,9-12H2,1H3,(H,23,24). The number of carbonyl (C=O) groups is 1. The largest absolute Gasteiger partial charge is 0.350 e. The van der Waals surface area contributed by atoms with Crippen LogP contribution >= 0.6 is 0 Å². The number of benzene rings is 2. The third kappa shape index (κ3) is 3.10. The fourth-order valence-electron chi connectivity index (χ4n) is 4.16. The van der Waals surface area contributed by atoms with Gasteiger partial charge in [-0.25, -0.2) is 19.0 Å². The minimum atomic E-state index is -0.150. The number of imidazole rings is 1. The lowest BCUT2D eigenvalue weighted by atomic mass is 9.95. The summed E-state index contributed by atoms with van der Waals surface area (Å²) in [4.78, 5) is 34.8. The molecule has 1 N–H and O–H groups in total. The van der Waals surface area contributed by atoms with Crippen LogP contribution in [0.2, 0.25) is 0 Å². The highest BCUT2D eigenvalue weighted by Gasteiger charge is 2.29. The molecule has 1 aliphatic rings. The molecule has 4 aromatic rings. The van der Waals surface area contributed by atoms with Gasteiger partial charge in [0.2, 0.25) is 0 Å². The van der Waals surface area contributed by atoms with Crippen LogP contribution in [0.1, 0.15) is 34.9 Å². The van der Waals surface area contributed by atoms with Crippen molar-refractivity contribution in [1.82, 2.24) is 29.2 Å². The summed E-state index contributed by atoms with van der Waals surface area (Å²) in [6, 6.07) is 15.1. The molecule has 1 aliphatic heterocycles. The summed E-state index contributed by atoms with van der Waals surface area (Å²) < 4.78 is 3.08. The Labute approximate surface area is 172 Å². The molecule has 2 aromatic carbocycles. The Hall–Kier alpha value is -3.68. The van der Waals surface area contributed by atoms with Crippen molar-refractivity contribution in [3.05, 3.63) is 76.7 Å². The zero-order valence-electron chi connectivity index (χ0n) is 16.7. The summed E-state index contributed by atoms with van der Waals surface area (Å²) in [5.41, 5.74) is 3.03. The molecule has 2 aromatic heterocycles. The Morgan fingerprint density at radius 2 is 1.87 bits per heavy atom. The number of carbonyl (C=O) groups excluding carboxylic acids is 1. The van der Waals surface area contributed by atoms with E-state index in [0.717, 1.165) is 35.4 Å². The molecular formula is C22H22N6O2. The lowest BCUT2D eigenvalue weighted by molar-refractivity contribution is 0.0710. The Bertz CT molecular complexity index is 1260. The molecule has 1 amide bonds. The summed E-state index contributed by atoms with van der Waals surface area (Å²) in [6.07, 6.45) is 3.16. The van der Waals surface area contributed by atoms with Crippen LogP contribution in [0.5, 0.6) is 0 Å². The first-order valence-corrected chi connectivity index (χ1v) is 10.1. The lowest BCUT2D eigenvalue weighted by Crippen LogP contribution is -2.38. The second-order valence-corrected chi connectivity index (χ2v) is 7.64. The Morgan fingerprint density at radius 3 is 2.63 bits per heavy atom. The van der Waals surface area contributed by atoms with Gasteiger partial charge in [0.1, 0.15) is 5.82 Å². The van der Waals surface area contributed by atoms with Crippen LogP contribution in [0, 0.1) is 0 Å². The molecule has 152 valence electrons. The summed E-state index contributed by atoms with van der Waals surface area (Å²) in [5, 5.41) is 4.52. The van der Waals surface area contributed by atoms with Crippen molar-refractivity contribution < 1.29 is 4.79 Å². The fourth-order valence-corrected chi connectivity index (χ4v) is 4.16. The summed E-state index contributed by atoms with van der Waals surface area (Å²) >= 11 is 0. The maximum atomic E-state index is 13.0. The van der Waals surface area contributed by atoms with E-state index >= 15 is 0 Å². The van der Waals surface area contributed by atoms with E-state index in [2.05, 4.69) is 15.1 Å². The maximum Gasteiger partial charge on any atom is 0.350 e. The van der Waals surface area contributed by atoms with E-state index in [1.54, 1.807) is 17.9 Å². The Kier molecular flexibility index (Phi) is 4.46. The van der Waals surface area contributed by atoms with Crippen LogP contribution in [0.3, 0.4) is 0 Å². The summed E-state index contributed by atoms with van der Waals surface area (Å²) in [5.74, 6) is 0.907. The third-order valence-corrected chi connectivity index (χ3v) is 5.78. The van der Waals surface area contributed by atoms with Gasteiger partial charge in [-0.1, -0.05) is 18.2 Å². The Morgan fingerprint density at radius 1 is 1.10 bits per heavy atom. The molecule has 1 fully saturated rings. The second kappa shape index (κ2) is 7.29. The number of nitrogens with zero attached hydrogens (tertiary/aromatic N) is 5. The maximum absolute atomic E-state index is 13.0. The number of H-pyrrole nitrogens is 1. The first-order valence-electron chi connectivity index (χ1n) is 10.1. The van der Waals surface area contributed by atoms with Crippen LogP contribution in [-0.4, -0.2) is 48.2 Å². The van der Waals surface area contributed by atoms with Gasteiger partial charge in [0.15, 0.2) is 0 Å². The van der Waals surface area contributed by atoms with E-state index in [9.17, 15) is 9.59 Å². The van der Waals surface area contributed by atoms with Crippen LogP contribution < -0.4 is 5.69 Å². The van der Waals surface area contributed by atoms with Gasteiger partial charge in [-0.15, -0.1) is 0 Å². The zero-order valence-corrected chi connectivity index (χ0v) is 16.7. The molecular weight excluding hydrogens is 380 g/mol. The SMILES string of the molecule is Cn1nc(C2CCN(C(=O)c3ccc4nc[nH]c4c3)CC2)n(-c2ccccc2)c1=O. The monoisotopic (exact) mass is 402 g/mol. The highest BCUT2D eigenvalue weighted by molar-refractivity contribution is 5.97. The van der Waals surface area contributed by atoms with Crippen molar-refractivity contribution in [2.24, 2.45) is 7.05 Å². The highest BCUT2D eigenvalue weighted by Crippen LogP contribution is 2.28.